The molecule has 0 bridgehead atoms. The van der Waals surface area contributed by atoms with Crippen LogP contribution in [-0.4, -0.2) is 28.0 Å². The lowest BCUT2D eigenvalue weighted by atomic mass is 10.1. The van der Waals surface area contributed by atoms with Crippen LogP contribution in [0.4, 0.5) is 23.2 Å². The summed E-state index contributed by atoms with van der Waals surface area (Å²) >= 11 is 6.20. The van der Waals surface area contributed by atoms with Crippen molar-refractivity contribution < 1.29 is 27.1 Å². The van der Waals surface area contributed by atoms with Crippen LogP contribution < -0.4 is 10.1 Å². The van der Waals surface area contributed by atoms with Gasteiger partial charge >= 0.3 is 0 Å². The summed E-state index contributed by atoms with van der Waals surface area (Å²) in [7, 11) is 0.836. The van der Waals surface area contributed by atoms with E-state index in [1.807, 2.05) is 24.3 Å². The highest BCUT2D eigenvalue weighted by atomic mass is 35.5. The highest BCUT2D eigenvalue weighted by molar-refractivity contribution is 6.34. The first-order valence-electron chi connectivity index (χ1n) is 10.6. The Kier molecular flexibility index (Phi) is 6.93. The fourth-order valence-electron chi connectivity index (χ4n) is 3.50. The first-order valence-corrected chi connectivity index (χ1v) is 11.0. The molecule has 1 amide bonds. The first-order chi connectivity index (χ1) is 16.7. The molecule has 0 aliphatic heterocycles. The third-order valence-corrected chi connectivity index (χ3v) is 5.67. The Morgan fingerprint density at radius 2 is 1.60 bits per heavy atom. The average Bonchev–Trinajstić information content (AvgIpc) is 3.25. The highest BCUT2D eigenvalue weighted by Gasteiger charge is 2.30. The van der Waals surface area contributed by atoms with E-state index in [0.717, 1.165) is 26.4 Å². The zero-order chi connectivity index (χ0) is 25.3. The largest absolute Gasteiger partial charge is 0.491 e. The lowest BCUT2D eigenvalue weighted by molar-refractivity contribution is 0.101. The van der Waals surface area contributed by atoms with Crippen LogP contribution in [0.3, 0.4) is 0 Å². The van der Waals surface area contributed by atoms with Crippen LogP contribution in [-0.2, 0) is 6.42 Å². The van der Waals surface area contributed by atoms with Crippen molar-refractivity contribution in [3.63, 3.8) is 0 Å². The third kappa shape index (κ3) is 4.66. The number of halogens is 5. The van der Waals surface area contributed by atoms with Gasteiger partial charge in [0.15, 0.2) is 17.4 Å². The number of nitrogens with one attached hydrogen (secondary N) is 1. The molecule has 11 heteroatoms. The summed E-state index contributed by atoms with van der Waals surface area (Å²) in [5, 5.41) is 10.9. The van der Waals surface area contributed by atoms with Crippen LogP contribution in [0.2, 0.25) is 5.02 Å². The maximum atomic E-state index is 14.3. The van der Waals surface area contributed by atoms with E-state index in [9.17, 15) is 22.4 Å². The van der Waals surface area contributed by atoms with Gasteiger partial charge in [0, 0.05) is 0 Å². The van der Waals surface area contributed by atoms with Gasteiger partial charge in [0.05, 0.1) is 23.5 Å². The number of rotatable bonds is 7. The normalized spacial score (nSPS) is 11.2. The van der Waals surface area contributed by atoms with E-state index in [1.165, 1.54) is 22.5 Å². The molecule has 0 radical (unpaired) electrons. The predicted molar refractivity (Wildman–Crippen MR) is 123 cm³/mol. The lowest BCUT2D eigenvalue weighted by Crippen LogP contribution is -2.19. The number of nitrogens with zero attached hydrogens (tertiary/aromatic N) is 3. The Balaban J connectivity index is 1.64. The second-order valence-corrected chi connectivity index (χ2v) is 8.11. The number of methoxy groups -OCH3 is 1. The Morgan fingerprint density at radius 3 is 2.17 bits per heavy atom. The highest BCUT2D eigenvalue weighted by Crippen LogP contribution is 2.32. The Morgan fingerprint density at radius 1 is 1.00 bits per heavy atom. The van der Waals surface area contributed by atoms with E-state index in [2.05, 4.69) is 27.2 Å². The topological polar surface area (TPSA) is 69.0 Å². The first kappa shape index (κ1) is 24.5. The third-order valence-electron chi connectivity index (χ3n) is 5.36. The van der Waals surface area contributed by atoms with Crippen molar-refractivity contribution in [3.05, 3.63) is 75.8 Å². The molecule has 0 aliphatic rings. The minimum absolute atomic E-state index is 0.0249. The molecule has 3 aromatic carbocycles. The minimum Gasteiger partial charge on any atom is -0.491 e. The van der Waals surface area contributed by atoms with Crippen molar-refractivity contribution in [3.8, 4) is 11.4 Å². The van der Waals surface area contributed by atoms with Gasteiger partial charge in [-0.25, -0.2) is 8.78 Å². The molecule has 0 spiro atoms. The van der Waals surface area contributed by atoms with Crippen LogP contribution in [0, 0.1) is 23.3 Å². The minimum atomic E-state index is -1.90. The van der Waals surface area contributed by atoms with Gasteiger partial charge in [-0.2, -0.15) is 13.6 Å². The number of ether oxygens (including phenoxy) is 1. The predicted octanol–water partition coefficient (Wildman–Crippen LogP) is 6.23. The van der Waals surface area contributed by atoms with E-state index < -0.39 is 40.5 Å². The summed E-state index contributed by atoms with van der Waals surface area (Å²) in [6.07, 6.45) is 3.14. The Bertz CT molecular complexity index is 1390. The molecule has 0 atom stereocenters. The smallest absolute Gasteiger partial charge is 0.261 e. The monoisotopic (exact) mass is 506 g/mol. The lowest BCUT2D eigenvalue weighted by Gasteiger charge is -2.12. The standard InChI is InChI=1S/C24H19ClF4N4O2/c1-3-4-5-12-6-8-13(9-7-12)33-31-16-10-14(25)15(11-17(16)32-33)30-24(34)18-19(26)21(28)23(35-2)22(29)20(18)27/h6-11H,3-5H2,1-2H3,(H,30,34). The summed E-state index contributed by atoms with van der Waals surface area (Å²) in [5.74, 6) is -10.2. The number of amides is 1. The SMILES string of the molecule is CCCCc1ccc(-n2nc3cc(Cl)c(NC(=O)c4c(F)c(F)c(OC)c(F)c4F)cc3n2)cc1. The van der Waals surface area contributed by atoms with Crippen molar-refractivity contribution in [1.29, 1.82) is 0 Å². The van der Waals surface area contributed by atoms with Crippen molar-refractivity contribution in [2.45, 2.75) is 26.2 Å². The van der Waals surface area contributed by atoms with E-state index in [0.29, 0.717) is 16.7 Å². The Hall–Kier alpha value is -3.66. The van der Waals surface area contributed by atoms with Gasteiger partial charge in [-0.1, -0.05) is 37.1 Å². The summed E-state index contributed by atoms with van der Waals surface area (Å²) in [6.45, 7) is 2.12. The molecular weight excluding hydrogens is 488 g/mol. The number of hydrogen-bond acceptors (Lipinski definition) is 4. The van der Waals surface area contributed by atoms with E-state index >= 15 is 0 Å². The average molecular weight is 507 g/mol. The summed E-state index contributed by atoms with van der Waals surface area (Å²) in [5.41, 5.74) is 1.04. The van der Waals surface area contributed by atoms with Crippen molar-refractivity contribution in [2.75, 3.05) is 12.4 Å². The maximum Gasteiger partial charge on any atom is 0.261 e. The number of aromatic nitrogens is 3. The second-order valence-electron chi connectivity index (χ2n) is 7.70. The van der Waals surface area contributed by atoms with Crippen LogP contribution in [0.5, 0.6) is 5.75 Å². The van der Waals surface area contributed by atoms with Gasteiger partial charge in [0.25, 0.3) is 5.91 Å². The molecule has 1 heterocycles. The van der Waals surface area contributed by atoms with Gasteiger partial charge < -0.3 is 10.1 Å². The molecule has 0 fully saturated rings. The van der Waals surface area contributed by atoms with Gasteiger partial charge in [0.1, 0.15) is 16.6 Å². The number of hydrogen-bond donors (Lipinski definition) is 1. The molecule has 182 valence electrons. The molecule has 0 aliphatic carbocycles. The second kappa shape index (κ2) is 9.91. The number of carbonyl (C=O) groups is 1. The number of carbonyl (C=O) groups excluding carboxylic acids is 1. The number of fused-ring (bicyclic) bond motifs is 1. The van der Waals surface area contributed by atoms with Crippen LogP contribution in [0.1, 0.15) is 35.7 Å². The zero-order valence-corrected chi connectivity index (χ0v) is 19.4. The fourth-order valence-corrected chi connectivity index (χ4v) is 3.71. The fraction of sp³-hybridized carbons (Fsp3) is 0.208. The Labute approximate surface area is 202 Å². The number of unbranched alkanes of at least 4 members (excludes halogenated alkanes) is 1. The molecule has 4 rings (SSSR count). The number of aryl methyl sites for hydroxylation is 1. The maximum absolute atomic E-state index is 14.3. The van der Waals surface area contributed by atoms with Gasteiger partial charge in [-0.05, 0) is 42.7 Å². The summed E-state index contributed by atoms with van der Waals surface area (Å²) in [4.78, 5) is 13.9. The molecule has 0 saturated carbocycles. The summed E-state index contributed by atoms with van der Waals surface area (Å²) in [6, 6.07) is 10.4. The van der Waals surface area contributed by atoms with Crippen LogP contribution in [0.15, 0.2) is 36.4 Å². The quantitative estimate of drug-likeness (QED) is 0.238. The molecule has 1 N–H and O–H groups in total. The molecule has 4 aromatic rings. The zero-order valence-electron chi connectivity index (χ0n) is 18.6. The molecule has 0 unspecified atom stereocenters. The van der Waals surface area contributed by atoms with Gasteiger partial charge in [-0.3, -0.25) is 4.79 Å². The van der Waals surface area contributed by atoms with Gasteiger partial charge in [-0.15, -0.1) is 10.2 Å². The van der Waals surface area contributed by atoms with Gasteiger partial charge in [0.2, 0.25) is 11.6 Å². The van der Waals surface area contributed by atoms with E-state index in [4.69, 9.17) is 11.6 Å². The summed E-state index contributed by atoms with van der Waals surface area (Å²) < 4.78 is 60.9. The van der Waals surface area contributed by atoms with E-state index in [1.54, 1.807) is 0 Å². The molecule has 6 nitrogen and oxygen atoms in total. The molecule has 1 aromatic heterocycles. The molecular formula is C24H19ClF4N4O2. The molecule has 35 heavy (non-hydrogen) atoms. The van der Waals surface area contributed by atoms with Crippen LogP contribution >= 0.6 is 11.6 Å². The van der Waals surface area contributed by atoms with Crippen molar-refractivity contribution in [2.24, 2.45) is 0 Å². The van der Waals surface area contributed by atoms with Crippen molar-refractivity contribution >= 4 is 34.2 Å². The van der Waals surface area contributed by atoms with E-state index in [-0.39, 0.29) is 10.7 Å². The number of benzene rings is 3. The molecule has 0 saturated heterocycles. The van der Waals surface area contributed by atoms with Crippen molar-refractivity contribution in [1.82, 2.24) is 15.0 Å². The van der Waals surface area contributed by atoms with Crippen LogP contribution in [0.25, 0.3) is 16.7 Å². The number of anilines is 1.